The number of β-amino-alcohol motifs (C(OH)–C–C–N with tert-alkyl or cyclic N) is 1. The third kappa shape index (κ3) is 3.71. The van der Waals surface area contributed by atoms with Crippen LogP contribution >= 0.6 is 0 Å². The molecule has 0 aromatic heterocycles. The Morgan fingerprint density at radius 2 is 2.15 bits per heavy atom. The zero-order valence-corrected chi connectivity index (χ0v) is 11.8. The number of hydrogen-bond acceptors (Lipinski definition) is 4. The van der Waals surface area contributed by atoms with E-state index in [2.05, 4.69) is 0 Å². The first kappa shape index (κ1) is 14.8. The molecular weight excluding hydrogens is 256 g/mol. The summed E-state index contributed by atoms with van der Waals surface area (Å²) in [5, 5.41) is 10.4. The zero-order chi connectivity index (χ0) is 14.6. The molecule has 0 aliphatic carbocycles. The number of benzene rings is 1. The van der Waals surface area contributed by atoms with Crippen molar-refractivity contribution in [1.82, 2.24) is 4.90 Å². The van der Waals surface area contributed by atoms with Gasteiger partial charge in [-0.15, -0.1) is 0 Å². The Morgan fingerprint density at radius 1 is 1.45 bits per heavy atom. The molecule has 1 aromatic rings. The first-order valence-corrected chi connectivity index (χ1v) is 6.92. The fourth-order valence-electron chi connectivity index (χ4n) is 2.32. The molecule has 0 bridgehead atoms. The van der Waals surface area contributed by atoms with Gasteiger partial charge in [0.15, 0.2) is 0 Å². The first-order valence-electron chi connectivity index (χ1n) is 6.92. The van der Waals surface area contributed by atoms with E-state index in [1.165, 1.54) is 0 Å². The quantitative estimate of drug-likeness (QED) is 0.830. The minimum Gasteiger partial charge on any atom is -0.491 e. The Kier molecular flexibility index (Phi) is 4.62. The summed E-state index contributed by atoms with van der Waals surface area (Å²) < 4.78 is 5.62. The van der Waals surface area contributed by atoms with Crippen LogP contribution in [0.3, 0.4) is 0 Å². The Balaban J connectivity index is 1.86. The number of nitrogens with zero attached hydrogens (tertiary/aromatic N) is 1. The number of ether oxygens (including phenoxy) is 1. The smallest absolute Gasteiger partial charge is 0.223 e. The molecule has 1 heterocycles. The number of amides is 1. The Morgan fingerprint density at radius 3 is 2.80 bits per heavy atom. The Labute approximate surface area is 119 Å². The molecule has 3 N–H and O–H groups in total. The standard InChI is InChI=1S/C15H22N2O3/c1-12-2-4-13(5-3-12)20-11-15(19)7-9-17(10-15)14(18)6-8-16/h2-5,19H,6-11,16H2,1H3/t15-/m1/s1. The predicted octanol–water partition coefficient (Wildman–Crippen LogP) is 0.686. The average Bonchev–Trinajstić information content (AvgIpc) is 2.82. The summed E-state index contributed by atoms with van der Waals surface area (Å²) in [6, 6.07) is 7.69. The summed E-state index contributed by atoms with van der Waals surface area (Å²) in [5.41, 5.74) is 5.58. The molecule has 110 valence electrons. The van der Waals surface area contributed by atoms with E-state index in [-0.39, 0.29) is 12.5 Å². The van der Waals surface area contributed by atoms with Crippen LogP contribution in [0.4, 0.5) is 0 Å². The van der Waals surface area contributed by atoms with Gasteiger partial charge in [0.1, 0.15) is 18.0 Å². The molecule has 0 saturated carbocycles. The van der Waals surface area contributed by atoms with Gasteiger partial charge in [0.05, 0.1) is 6.54 Å². The summed E-state index contributed by atoms with van der Waals surface area (Å²) in [5.74, 6) is 0.731. The van der Waals surface area contributed by atoms with E-state index in [0.29, 0.717) is 32.5 Å². The maximum Gasteiger partial charge on any atom is 0.223 e. The molecule has 20 heavy (non-hydrogen) atoms. The van der Waals surface area contributed by atoms with E-state index < -0.39 is 5.60 Å². The number of hydrogen-bond donors (Lipinski definition) is 2. The summed E-state index contributed by atoms with van der Waals surface area (Å²) in [4.78, 5) is 13.4. The lowest BCUT2D eigenvalue weighted by atomic mass is 10.1. The van der Waals surface area contributed by atoms with E-state index in [4.69, 9.17) is 10.5 Å². The van der Waals surface area contributed by atoms with Crippen molar-refractivity contribution in [3.63, 3.8) is 0 Å². The summed E-state index contributed by atoms with van der Waals surface area (Å²) >= 11 is 0. The summed E-state index contributed by atoms with van der Waals surface area (Å²) in [6.45, 7) is 3.43. The number of aryl methyl sites for hydroxylation is 1. The van der Waals surface area contributed by atoms with Crippen LogP contribution in [0.25, 0.3) is 0 Å². The van der Waals surface area contributed by atoms with Crippen LogP contribution in [0.2, 0.25) is 0 Å². The van der Waals surface area contributed by atoms with Gasteiger partial charge in [-0.1, -0.05) is 17.7 Å². The van der Waals surface area contributed by atoms with Crippen molar-refractivity contribution >= 4 is 5.91 Å². The minimum absolute atomic E-state index is 0.00115. The van der Waals surface area contributed by atoms with Crippen LogP contribution in [0.1, 0.15) is 18.4 Å². The molecule has 1 aromatic carbocycles. The van der Waals surface area contributed by atoms with Crippen LogP contribution in [0.15, 0.2) is 24.3 Å². The maximum absolute atomic E-state index is 11.7. The number of rotatable bonds is 5. The molecule has 5 heteroatoms. The molecular formula is C15H22N2O3. The largest absolute Gasteiger partial charge is 0.491 e. The van der Waals surface area contributed by atoms with Gasteiger partial charge in [0.2, 0.25) is 5.91 Å². The van der Waals surface area contributed by atoms with Crippen molar-refractivity contribution in [2.75, 3.05) is 26.2 Å². The second-order valence-corrected chi connectivity index (χ2v) is 5.43. The molecule has 2 rings (SSSR count). The van der Waals surface area contributed by atoms with Crippen LogP contribution < -0.4 is 10.5 Å². The van der Waals surface area contributed by atoms with E-state index in [1.807, 2.05) is 31.2 Å². The summed E-state index contributed by atoms with van der Waals surface area (Å²) in [7, 11) is 0. The highest BCUT2D eigenvalue weighted by molar-refractivity contribution is 5.76. The highest BCUT2D eigenvalue weighted by Crippen LogP contribution is 2.23. The fourth-order valence-corrected chi connectivity index (χ4v) is 2.32. The number of likely N-dealkylation sites (tertiary alicyclic amines) is 1. The van der Waals surface area contributed by atoms with E-state index in [9.17, 15) is 9.90 Å². The Bertz CT molecular complexity index is 461. The SMILES string of the molecule is Cc1ccc(OC[C@@]2(O)CCN(C(=O)CCN)C2)cc1. The van der Waals surface area contributed by atoms with Gasteiger partial charge in [-0.05, 0) is 25.5 Å². The average molecular weight is 278 g/mol. The molecule has 0 unspecified atom stereocenters. The highest BCUT2D eigenvalue weighted by atomic mass is 16.5. The van der Waals surface area contributed by atoms with Gasteiger partial charge in [-0.3, -0.25) is 4.79 Å². The maximum atomic E-state index is 11.7. The zero-order valence-electron chi connectivity index (χ0n) is 11.8. The van der Waals surface area contributed by atoms with Crippen LogP contribution in [-0.2, 0) is 4.79 Å². The van der Waals surface area contributed by atoms with Crippen molar-refractivity contribution in [2.45, 2.75) is 25.4 Å². The molecule has 1 aliphatic rings. The highest BCUT2D eigenvalue weighted by Gasteiger charge is 2.38. The van der Waals surface area contributed by atoms with Crippen LogP contribution in [0.5, 0.6) is 5.75 Å². The number of carbonyl (C=O) groups excluding carboxylic acids is 1. The van der Waals surface area contributed by atoms with Crippen LogP contribution in [0, 0.1) is 6.92 Å². The third-order valence-electron chi connectivity index (χ3n) is 3.57. The number of nitrogens with two attached hydrogens (primary N) is 1. The lowest BCUT2D eigenvalue weighted by Gasteiger charge is -2.23. The van der Waals surface area contributed by atoms with E-state index >= 15 is 0 Å². The predicted molar refractivity (Wildman–Crippen MR) is 76.5 cm³/mol. The fraction of sp³-hybridized carbons (Fsp3) is 0.533. The second kappa shape index (κ2) is 6.24. The third-order valence-corrected chi connectivity index (χ3v) is 3.57. The van der Waals surface area contributed by atoms with Gasteiger partial charge >= 0.3 is 0 Å². The van der Waals surface area contributed by atoms with E-state index in [0.717, 1.165) is 11.3 Å². The molecule has 1 aliphatic heterocycles. The van der Waals surface area contributed by atoms with Gasteiger partial charge < -0.3 is 20.5 Å². The normalized spacial score (nSPS) is 22.1. The van der Waals surface area contributed by atoms with Crippen molar-refractivity contribution in [3.8, 4) is 5.75 Å². The van der Waals surface area contributed by atoms with Gasteiger partial charge in [-0.25, -0.2) is 0 Å². The topological polar surface area (TPSA) is 75.8 Å². The lowest BCUT2D eigenvalue weighted by molar-refractivity contribution is -0.131. The van der Waals surface area contributed by atoms with Crippen molar-refractivity contribution in [3.05, 3.63) is 29.8 Å². The minimum atomic E-state index is -0.963. The van der Waals surface area contributed by atoms with Gasteiger partial charge in [0, 0.05) is 19.5 Å². The van der Waals surface area contributed by atoms with Crippen molar-refractivity contribution in [1.29, 1.82) is 0 Å². The number of aliphatic hydroxyl groups is 1. The summed E-state index contributed by atoms with van der Waals surface area (Å²) in [6.07, 6.45) is 0.865. The monoisotopic (exact) mass is 278 g/mol. The molecule has 5 nitrogen and oxygen atoms in total. The molecule has 1 amide bonds. The first-order chi connectivity index (χ1) is 9.52. The van der Waals surface area contributed by atoms with Gasteiger partial charge in [0.25, 0.3) is 0 Å². The van der Waals surface area contributed by atoms with Gasteiger partial charge in [-0.2, -0.15) is 0 Å². The lowest BCUT2D eigenvalue weighted by Crippen LogP contribution is -2.41. The molecule has 0 radical (unpaired) electrons. The molecule has 0 spiro atoms. The van der Waals surface area contributed by atoms with E-state index in [1.54, 1.807) is 4.90 Å². The molecule has 1 atom stereocenters. The molecule has 1 fully saturated rings. The van der Waals surface area contributed by atoms with Crippen molar-refractivity contribution in [2.24, 2.45) is 5.73 Å². The van der Waals surface area contributed by atoms with Crippen molar-refractivity contribution < 1.29 is 14.6 Å². The number of carbonyl (C=O) groups is 1. The second-order valence-electron chi connectivity index (χ2n) is 5.43. The Hall–Kier alpha value is -1.59. The molecule has 1 saturated heterocycles. The van der Waals surface area contributed by atoms with Crippen LogP contribution in [-0.4, -0.2) is 47.8 Å².